The van der Waals surface area contributed by atoms with Crippen LogP contribution in [0.5, 0.6) is 17.2 Å². The highest BCUT2D eigenvalue weighted by Gasteiger charge is 2.15. The molecule has 0 fully saturated rings. The van der Waals surface area contributed by atoms with E-state index in [-0.39, 0.29) is 12.3 Å². The summed E-state index contributed by atoms with van der Waals surface area (Å²) in [7, 11) is 4.63. The molecule has 7 heteroatoms. The van der Waals surface area contributed by atoms with Crippen LogP contribution < -0.4 is 19.5 Å². The molecular weight excluding hydrogens is 346 g/mol. The van der Waals surface area contributed by atoms with Crippen molar-refractivity contribution in [1.82, 2.24) is 9.55 Å². The summed E-state index contributed by atoms with van der Waals surface area (Å²) < 4.78 is 17.8. The van der Waals surface area contributed by atoms with Crippen LogP contribution in [0.2, 0.25) is 0 Å². The van der Waals surface area contributed by atoms with Gasteiger partial charge in [-0.25, -0.2) is 4.98 Å². The third kappa shape index (κ3) is 4.03. The maximum atomic E-state index is 12.6. The fraction of sp³-hybridized carbons (Fsp3) is 0.200. The lowest BCUT2D eigenvalue weighted by molar-refractivity contribution is -0.115. The summed E-state index contributed by atoms with van der Waals surface area (Å²) >= 11 is 0. The summed E-state index contributed by atoms with van der Waals surface area (Å²) in [4.78, 5) is 16.7. The van der Waals surface area contributed by atoms with Gasteiger partial charge in [-0.05, 0) is 29.8 Å². The number of ether oxygens (including phenoxy) is 3. The number of carbonyl (C=O) groups excluding carboxylic acids is 1. The van der Waals surface area contributed by atoms with E-state index in [9.17, 15) is 4.79 Å². The van der Waals surface area contributed by atoms with Crippen molar-refractivity contribution in [3.05, 3.63) is 60.7 Å². The Hall–Kier alpha value is -3.48. The van der Waals surface area contributed by atoms with Crippen LogP contribution in [0.25, 0.3) is 5.69 Å². The van der Waals surface area contributed by atoms with E-state index in [1.165, 1.54) is 0 Å². The molecule has 0 aliphatic heterocycles. The zero-order valence-corrected chi connectivity index (χ0v) is 15.4. The quantitative estimate of drug-likeness (QED) is 0.695. The van der Waals surface area contributed by atoms with Crippen molar-refractivity contribution in [2.75, 3.05) is 26.6 Å². The summed E-state index contributed by atoms with van der Waals surface area (Å²) in [5.41, 5.74) is 2.29. The average Bonchev–Trinajstić information content (AvgIpc) is 3.22. The van der Waals surface area contributed by atoms with Gasteiger partial charge in [0.1, 0.15) is 0 Å². The third-order valence-electron chi connectivity index (χ3n) is 4.05. The number of rotatable bonds is 7. The van der Waals surface area contributed by atoms with Gasteiger partial charge in [-0.1, -0.05) is 12.1 Å². The number of hydrogen-bond donors (Lipinski definition) is 1. The molecule has 1 heterocycles. The van der Waals surface area contributed by atoms with Gasteiger partial charge in [0.25, 0.3) is 0 Å². The molecule has 3 rings (SSSR count). The lowest BCUT2D eigenvalue weighted by Gasteiger charge is -2.15. The minimum Gasteiger partial charge on any atom is -0.493 e. The number of amides is 1. The summed E-state index contributed by atoms with van der Waals surface area (Å²) in [5.74, 6) is 1.36. The van der Waals surface area contributed by atoms with E-state index in [0.717, 1.165) is 11.3 Å². The van der Waals surface area contributed by atoms with Crippen molar-refractivity contribution >= 4 is 11.6 Å². The Morgan fingerprint density at radius 2 is 1.78 bits per heavy atom. The maximum Gasteiger partial charge on any atom is 0.228 e. The summed E-state index contributed by atoms with van der Waals surface area (Å²) in [6.07, 6.45) is 5.36. The number of methoxy groups -OCH3 is 3. The predicted molar refractivity (Wildman–Crippen MR) is 102 cm³/mol. The van der Waals surface area contributed by atoms with E-state index < -0.39 is 0 Å². The average molecular weight is 367 g/mol. The Morgan fingerprint density at radius 3 is 2.37 bits per heavy atom. The number of nitrogens with one attached hydrogen (secondary N) is 1. The van der Waals surface area contributed by atoms with Gasteiger partial charge in [0.05, 0.1) is 45.5 Å². The van der Waals surface area contributed by atoms with Crippen LogP contribution in [-0.2, 0) is 11.2 Å². The summed E-state index contributed by atoms with van der Waals surface area (Å²) in [6.45, 7) is 0. The highest BCUT2D eigenvalue weighted by atomic mass is 16.5. The van der Waals surface area contributed by atoms with Gasteiger partial charge in [0.2, 0.25) is 11.7 Å². The lowest BCUT2D eigenvalue weighted by Crippen LogP contribution is -2.16. The Kier molecular flexibility index (Phi) is 5.61. The number of aromatic nitrogens is 2. The van der Waals surface area contributed by atoms with E-state index in [1.54, 1.807) is 46.0 Å². The molecule has 0 unspecified atom stereocenters. The number of anilines is 1. The first-order valence-electron chi connectivity index (χ1n) is 8.32. The molecule has 0 saturated heterocycles. The minimum absolute atomic E-state index is 0.156. The molecule has 0 bridgehead atoms. The summed E-state index contributed by atoms with van der Waals surface area (Å²) in [5, 5.41) is 2.95. The van der Waals surface area contributed by atoms with Crippen LogP contribution in [0.3, 0.4) is 0 Å². The van der Waals surface area contributed by atoms with Crippen LogP contribution >= 0.6 is 0 Å². The van der Waals surface area contributed by atoms with Crippen molar-refractivity contribution in [2.45, 2.75) is 6.42 Å². The molecule has 1 N–H and O–H groups in total. The van der Waals surface area contributed by atoms with Crippen molar-refractivity contribution < 1.29 is 19.0 Å². The van der Waals surface area contributed by atoms with Crippen LogP contribution in [0, 0.1) is 0 Å². The molecule has 2 aromatic carbocycles. The largest absolute Gasteiger partial charge is 0.493 e. The zero-order chi connectivity index (χ0) is 19.2. The van der Waals surface area contributed by atoms with E-state index in [4.69, 9.17) is 14.2 Å². The first-order chi connectivity index (χ1) is 13.2. The number of imidazole rings is 1. The van der Waals surface area contributed by atoms with Crippen LogP contribution in [0.15, 0.2) is 55.1 Å². The lowest BCUT2D eigenvalue weighted by atomic mass is 10.1. The molecule has 0 aliphatic carbocycles. The van der Waals surface area contributed by atoms with Gasteiger partial charge in [-0.2, -0.15) is 0 Å². The molecule has 27 heavy (non-hydrogen) atoms. The van der Waals surface area contributed by atoms with Crippen molar-refractivity contribution in [3.63, 3.8) is 0 Å². The Labute approximate surface area is 157 Å². The third-order valence-corrected chi connectivity index (χ3v) is 4.05. The summed E-state index contributed by atoms with van der Waals surface area (Å²) in [6, 6.07) is 11.1. The van der Waals surface area contributed by atoms with Crippen LogP contribution in [0.4, 0.5) is 5.69 Å². The number of benzene rings is 2. The van der Waals surface area contributed by atoms with Crippen LogP contribution in [-0.4, -0.2) is 36.8 Å². The number of carbonyl (C=O) groups is 1. The van der Waals surface area contributed by atoms with Gasteiger partial charge in [0, 0.05) is 12.4 Å². The number of para-hydroxylation sites is 2. The second kappa shape index (κ2) is 8.27. The van der Waals surface area contributed by atoms with Gasteiger partial charge in [-0.3, -0.25) is 4.79 Å². The number of nitrogens with zero attached hydrogens (tertiary/aromatic N) is 2. The molecule has 3 aromatic rings. The smallest absolute Gasteiger partial charge is 0.228 e. The fourth-order valence-corrected chi connectivity index (χ4v) is 2.82. The fourth-order valence-electron chi connectivity index (χ4n) is 2.82. The van der Waals surface area contributed by atoms with E-state index in [1.807, 2.05) is 35.0 Å². The molecule has 0 atom stereocenters. The highest BCUT2D eigenvalue weighted by Crippen LogP contribution is 2.38. The second-order valence-corrected chi connectivity index (χ2v) is 5.75. The number of hydrogen-bond acceptors (Lipinski definition) is 5. The maximum absolute atomic E-state index is 12.6. The van der Waals surface area contributed by atoms with E-state index in [0.29, 0.717) is 22.9 Å². The van der Waals surface area contributed by atoms with E-state index in [2.05, 4.69) is 10.3 Å². The molecule has 1 aromatic heterocycles. The van der Waals surface area contributed by atoms with Gasteiger partial charge in [-0.15, -0.1) is 0 Å². The first-order valence-corrected chi connectivity index (χ1v) is 8.32. The topological polar surface area (TPSA) is 74.6 Å². The highest BCUT2D eigenvalue weighted by molar-refractivity contribution is 5.94. The van der Waals surface area contributed by atoms with Crippen molar-refractivity contribution in [2.24, 2.45) is 0 Å². The first kappa shape index (κ1) is 18.3. The molecule has 0 radical (unpaired) electrons. The molecule has 140 valence electrons. The van der Waals surface area contributed by atoms with Crippen LogP contribution in [0.1, 0.15) is 5.56 Å². The van der Waals surface area contributed by atoms with Gasteiger partial charge < -0.3 is 24.1 Å². The molecule has 0 saturated carbocycles. The molecule has 1 amide bonds. The molecule has 7 nitrogen and oxygen atoms in total. The molecule has 0 aliphatic rings. The van der Waals surface area contributed by atoms with Gasteiger partial charge in [0.15, 0.2) is 11.5 Å². The van der Waals surface area contributed by atoms with E-state index >= 15 is 0 Å². The Morgan fingerprint density at radius 1 is 1.07 bits per heavy atom. The SMILES string of the molecule is COc1cc(CC(=O)Nc2ccccc2-n2ccnc2)cc(OC)c1OC. The standard InChI is InChI=1S/C20H21N3O4/c1-25-17-10-14(11-18(26-2)20(17)27-3)12-19(24)22-15-6-4-5-7-16(15)23-9-8-21-13-23/h4-11,13H,12H2,1-3H3,(H,22,24). The normalized spacial score (nSPS) is 10.3. The molecule has 0 spiro atoms. The zero-order valence-electron chi connectivity index (χ0n) is 15.4. The van der Waals surface area contributed by atoms with Crippen molar-refractivity contribution in [1.29, 1.82) is 0 Å². The monoisotopic (exact) mass is 367 g/mol. The second-order valence-electron chi connectivity index (χ2n) is 5.75. The Balaban J connectivity index is 1.81. The van der Waals surface area contributed by atoms with Crippen molar-refractivity contribution in [3.8, 4) is 22.9 Å². The minimum atomic E-state index is -0.156. The molecular formula is C20H21N3O4. The van der Waals surface area contributed by atoms with Gasteiger partial charge >= 0.3 is 0 Å². The Bertz CT molecular complexity index is 898. The predicted octanol–water partition coefficient (Wildman–Crippen LogP) is 3.08.